The molecule has 10 heteroatoms. The summed E-state index contributed by atoms with van der Waals surface area (Å²) in [6, 6.07) is 3.88. The molecule has 0 radical (unpaired) electrons. The van der Waals surface area contributed by atoms with Crippen LogP contribution in [0.5, 0.6) is 0 Å². The van der Waals surface area contributed by atoms with Crippen molar-refractivity contribution in [3.63, 3.8) is 0 Å². The highest BCUT2D eigenvalue weighted by atomic mass is 16.5. The Labute approximate surface area is 198 Å². The SMILES string of the molecule is Cc1ccc(NC(=O)NC(=O)COC(=O)CN2C(=O)NC3(CC(C)CC(C)(C)C3)C2=O)cc1C. The van der Waals surface area contributed by atoms with E-state index in [1.165, 1.54) is 0 Å². The van der Waals surface area contributed by atoms with E-state index in [1.807, 2.05) is 26.8 Å². The van der Waals surface area contributed by atoms with E-state index in [4.69, 9.17) is 4.74 Å². The predicted octanol–water partition coefficient (Wildman–Crippen LogP) is 2.63. The summed E-state index contributed by atoms with van der Waals surface area (Å²) in [5.74, 6) is -1.98. The summed E-state index contributed by atoms with van der Waals surface area (Å²) < 4.78 is 4.88. The molecule has 34 heavy (non-hydrogen) atoms. The van der Waals surface area contributed by atoms with Crippen molar-refractivity contribution in [1.29, 1.82) is 0 Å². The molecule has 2 atom stereocenters. The number of carbonyl (C=O) groups excluding carboxylic acids is 5. The maximum Gasteiger partial charge on any atom is 0.326 e. The zero-order valence-electron chi connectivity index (χ0n) is 20.2. The standard InChI is InChI=1S/C24H32N4O6/c1-14-9-23(4,5)13-24(10-14)20(31)28(22(33)27-24)11-19(30)34-12-18(29)26-21(32)25-17-7-6-15(2)16(3)8-17/h6-8,14H,9-13H2,1-5H3,(H,27,33)(H2,25,26,29,32). The normalized spacial score (nSPS) is 23.4. The summed E-state index contributed by atoms with van der Waals surface area (Å²) in [5, 5.41) is 7.37. The number of aryl methyl sites for hydroxylation is 2. The van der Waals surface area contributed by atoms with Gasteiger partial charge in [-0.05, 0) is 67.7 Å². The molecule has 1 aliphatic heterocycles. The number of benzene rings is 1. The van der Waals surface area contributed by atoms with E-state index in [2.05, 4.69) is 29.8 Å². The molecule has 184 valence electrons. The number of hydrogen-bond acceptors (Lipinski definition) is 6. The average molecular weight is 473 g/mol. The van der Waals surface area contributed by atoms with Gasteiger partial charge < -0.3 is 15.4 Å². The monoisotopic (exact) mass is 472 g/mol. The van der Waals surface area contributed by atoms with Gasteiger partial charge in [0.1, 0.15) is 12.1 Å². The van der Waals surface area contributed by atoms with Crippen LogP contribution < -0.4 is 16.0 Å². The minimum atomic E-state index is -1.03. The molecule has 3 rings (SSSR count). The second-order valence-corrected chi connectivity index (χ2v) is 10.2. The predicted molar refractivity (Wildman–Crippen MR) is 124 cm³/mol. The van der Waals surface area contributed by atoms with Gasteiger partial charge in [-0.3, -0.25) is 24.6 Å². The Kier molecular flexibility index (Phi) is 6.99. The Balaban J connectivity index is 1.49. The van der Waals surface area contributed by atoms with Gasteiger partial charge in [-0.1, -0.05) is 26.8 Å². The zero-order chi connectivity index (χ0) is 25.3. The summed E-state index contributed by atoms with van der Waals surface area (Å²) in [5.41, 5.74) is 1.39. The number of esters is 1. The highest BCUT2D eigenvalue weighted by Crippen LogP contribution is 2.46. The van der Waals surface area contributed by atoms with Gasteiger partial charge in [-0.2, -0.15) is 0 Å². The molecule has 2 aliphatic rings. The molecular weight excluding hydrogens is 440 g/mol. The Morgan fingerprint density at radius 3 is 2.50 bits per heavy atom. The molecule has 1 aliphatic carbocycles. The lowest BCUT2D eigenvalue weighted by molar-refractivity contribution is -0.151. The van der Waals surface area contributed by atoms with Crippen LogP contribution in [0.2, 0.25) is 0 Å². The first-order chi connectivity index (χ1) is 15.8. The third-order valence-corrected chi connectivity index (χ3v) is 6.29. The van der Waals surface area contributed by atoms with E-state index in [0.29, 0.717) is 18.5 Å². The van der Waals surface area contributed by atoms with Gasteiger partial charge in [0.05, 0.1) is 0 Å². The lowest BCUT2D eigenvalue weighted by atomic mass is 9.64. The molecular formula is C24H32N4O6. The smallest absolute Gasteiger partial charge is 0.326 e. The quantitative estimate of drug-likeness (QED) is 0.446. The van der Waals surface area contributed by atoms with Crippen LogP contribution in [0.4, 0.5) is 15.3 Å². The van der Waals surface area contributed by atoms with Gasteiger partial charge in [0, 0.05) is 5.69 Å². The molecule has 6 amide bonds. The van der Waals surface area contributed by atoms with Crippen molar-refractivity contribution in [3.05, 3.63) is 29.3 Å². The number of rotatable bonds is 5. The third kappa shape index (κ3) is 5.73. The van der Waals surface area contributed by atoms with Crippen molar-refractivity contribution in [2.75, 3.05) is 18.5 Å². The first kappa shape index (κ1) is 25.2. The molecule has 2 unspecified atom stereocenters. The third-order valence-electron chi connectivity index (χ3n) is 6.29. The fourth-order valence-electron chi connectivity index (χ4n) is 5.11. The van der Waals surface area contributed by atoms with Gasteiger partial charge >= 0.3 is 18.0 Å². The van der Waals surface area contributed by atoms with Crippen LogP contribution in [0.3, 0.4) is 0 Å². The number of nitrogens with zero attached hydrogens (tertiary/aromatic N) is 1. The molecule has 1 spiro atoms. The summed E-state index contributed by atoms with van der Waals surface area (Å²) in [7, 11) is 0. The molecule has 1 saturated heterocycles. The molecule has 0 aromatic heterocycles. The lowest BCUT2D eigenvalue weighted by Crippen LogP contribution is -2.54. The van der Waals surface area contributed by atoms with Crippen molar-refractivity contribution in [2.45, 2.75) is 59.4 Å². The van der Waals surface area contributed by atoms with Crippen LogP contribution in [0.25, 0.3) is 0 Å². The molecule has 1 heterocycles. The Morgan fingerprint density at radius 1 is 1.15 bits per heavy atom. The molecule has 2 fully saturated rings. The molecule has 10 nitrogen and oxygen atoms in total. The highest BCUT2D eigenvalue weighted by molar-refractivity contribution is 6.09. The lowest BCUT2D eigenvalue weighted by Gasteiger charge is -2.43. The number of nitrogens with one attached hydrogen (secondary N) is 3. The van der Waals surface area contributed by atoms with Crippen molar-refractivity contribution in [3.8, 4) is 0 Å². The van der Waals surface area contributed by atoms with Crippen LogP contribution >= 0.6 is 0 Å². The van der Waals surface area contributed by atoms with Crippen LogP contribution in [-0.2, 0) is 19.1 Å². The summed E-state index contributed by atoms with van der Waals surface area (Å²) in [6.07, 6.45) is 1.93. The number of urea groups is 2. The van der Waals surface area contributed by atoms with Crippen LogP contribution in [0.1, 0.15) is 51.2 Å². The molecule has 3 N–H and O–H groups in total. The average Bonchev–Trinajstić information content (AvgIpc) is 2.90. The Morgan fingerprint density at radius 2 is 1.85 bits per heavy atom. The Hall–Kier alpha value is -3.43. The van der Waals surface area contributed by atoms with Crippen molar-refractivity contribution in [1.82, 2.24) is 15.5 Å². The number of anilines is 1. The number of ether oxygens (including phenoxy) is 1. The van der Waals surface area contributed by atoms with Crippen LogP contribution in [0, 0.1) is 25.2 Å². The molecule has 1 aromatic rings. The van der Waals surface area contributed by atoms with Crippen LogP contribution in [0.15, 0.2) is 18.2 Å². The van der Waals surface area contributed by atoms with Gasteiger partial charge in [-0.25, -0.2) is 9.59 Å². The number of imide groups is 2. The van der Waals surface area contributed by atoms with Gasteiger partial charge in [0.15, 0.2) is 6.61 Å². The summed E-state index contributed by atoms with van der Waals surface area (Å²) >= 11 is 0. The van der Waals surface area contributed by atoms with E-state index in [0.717, 1.165) is 22.4 Å². The van der Waals surface area contributed by atoms with Crippen molar-refractivity contribution in [2.24, 2.45) is 11.3 Å². The van der Waals surface area contributed by atoms with Crippen molar-refractivity contribution < 1.29 is 28.7 Å². The van der Waals surface area contributed by atoms with Crippen LogP contribution in [-0.4, -0.2) is 53.4 Å². The maximum atomic E-state index is 13.1. The largest absolute Gasteiger partial charge is 0.454 e. The number of carbonyl (C=O) groups is 5. The van der Waals surface area contributed by atoms with Crippen molar-refractivity contribution >= 4 is 35.5 Å². The maximum absolute atomic E-state index is 13.1. The van der Waals surface area contributed by atoms with Gasteiger partial charge in [-0.15, -0.1) is 0 Å². The summed E-state index contributed by atoms with van der Waals surface area (Å²) in [4.78, 5) is 62.6. The van der Waals surface area contributed by atoms with Gasteiger partial charge in [0.2, 0.25) is 0 Å². The second kappa shape index (κ2) is 9.44. The topological polar surface area (TPSA) is 134 Å². The van der Waals surface area contributed by atoms with E-state index < -0.39 is 48.5 Å². The highest BCUT2D eigenvalue weighted by Gasteiger charge is 2.56. The minimum absolute atomic E-state index is 0.132. The van der Waals surface area contributed by atoms with E-state index in [-0.39, 0.29) is 11.3 Å². The number of hydrogen-bond donors (Lipinski definition) is 3. The second-order valence-electron chi connectivity index (χ2n) is 10.2. The minimum Gasteiger partial charge on any atom is -0.454 e. The summed E-state index contributed by atoms with van der Waals surface area (Å²) in [6.45, 7) is 8.64. The first-order valence-electron chi connectivity index (χ1n) is 11.3. The first-order valence-corrected chi connectivity index (χ1v) is 11.3. The fraction of sp³-hybridized carbons (Fsp3) is 0.542. The number of amides is 6. The Bertz CT molecular complexity index is 1040. The van der Waals surface area contributed by atoms with E-state index in [1.54, 1.807) is 12.1 Å². The van der Waals surface area contributed by atoms with E-state index in [9.17, 15) is 24.0 Å². The zero-order valence-corrected chi connectivity index (χ0v) is 20.2. The fourth-order valence-corrected chi connectivity index (χ4v) is 5.11. The van der Waals surface area contributed by atoms with Gasteiger partial charge in [0.25, 0.3) is 11.8 Å². The molecule has 1 aromatic carbocycles. The van der Waals surface area contributed by atoms with E-state index >= 15 is 0 Å². The molecule has 0 bridgehead atoms. The molecule has 1 saturated carbocycles.